The molecule has 0 saturated carbocycles. The molecule has 0 spiro atoms. The minimum absolute atomic E-state index is 0.0301. The van der Waals surface area contributed by atoms with Gasteiger partial charge in [-0.2, -0.15) is 4.98 Å². The van der Waals surface area contributed by atoms with E-state index in [-0.39, 0.29) is 11.2 Å². The average Bonchev–Trinajstić information content (AvgIpc) is 2.70. The Labute approximate surface area is 112 Å². The van der Waals surface area contributed by atoms with Gasteiger partial charge in [0.15, 0.2) is 11.6 Å². The number of anilines is 1. The number of carbonyl (C=O) groups excluding carboxylic acids is 1. The van der Waals surface area contributed by atoms with Crippen LogP contribution in [0.5, 0.6) is 5.75 Å². The quantitative estimate of drug-likeness (QED) is 0.630. The maximum absolute atomic E-state index is 11.9. The van der Waals surface area contributed by atoms with E-state index < -0.39 is 0 Å². The van der Waals surface area contributed by atoms with Crippen molar-refractivity contribution < 1.29 is 9.53 Å². The van der Waals surface area contributed by atoms with E-state index in [1.54, 1.807) is 4.90 Å². The molecule has 1 aliphatic heterocycles. The summed E-state index contributed by atoms with van der Waals surface area (Å²) >= 11 is 9.13. The highest BCUT2D eigenvalue weighted by atomic mass is 79.9. The molecule has 1 amide bonds. The van der Waals surface area contributed by atoms with Gasteiger partial charge in [0, 0.05) is 18.3 Å². The zero-order chi connectivity index (χ0) is 12.4. The molecular weight excluding hydrogens is 309 g/mol. The lowest BCUT2D eigenvalue weighted by molar-refractivity contribution is -0.117. The molecule has 1 aromatic heterocycles. The van der Waals surface area contributed by atoms with Crippen LogP contribution < -0.4 is 9.64 Å². The summed E-state index contributed by atoms with van der Waals surface area (Å²) in [5, 5.41) is 0.895. The number of carbonyl (C=O) groups is 1. The molecule has 1 aromatic rings. The van der Waals surface area contributed by atoms with Gasteiger partial charge in [-0.25, -0.2) is 4.98 Å². The zero-order valence-corrected chi connectivity index (χ0v) is 11.5. The molecule has 1 aliphatic rings. The number of hydrogen-bond donors (Lipinski definition) is 0. The first kappa shape index (κ1) is 12.6. The third kappa shape index (κ3) is 2.52. The van der Waals surface area contributed by atoms with Gasteiger partial charge in [0.2, 0.25) is 11.2 Å². The molecule has 17 heavy (non-hydrogen) atoms. The van der Waals surface area contributed by atoms with Gasteiger partial charge in [-0.1, -0.05) is 15.9 Å². The normalized spacial score (nSPS) is 19.8. The van der Waals surface area contributed by atoms with Crippen molar-refractivity contribution in [1.29, 1.82) is 0 Å². The van der Waals surface area contributed by atoms with Crippen LogP contribution in [0.25, 0.3) is 0 Å². The van der Waals surface area contributed by atoms with E-state index >= 15 is 0 Å². The van der Waals surface area contributed by atoms with Gasteiger partial charge in [-0.15, -0.1) is 0 Å². The van der Waals surface area contributed by atoms with Crippen LogP contribution in [0.4, 0.5) is 5.82 Å². The molecule has 0 aromatic carbocycles. The number of aromatic nitrogens is 2. The maximum Gasteiger partial charge on any atom is 0.228 e. The molecule has 7 heteroatoms. The number of rotatable bonds is 3. The molecule has 92 valence electrons. The lowest BCUT2D eigenvalue weighted by atomic mass is 10.2. The lowest BCUT2D eigenvalue weighted by Crippen LogP contribution is -2.26. The summed E-state index contributed by atoms with van der Waals surface area (Å²) in [4.78, 5) is 21.4. The molecule has 2 rings (SSSR count). The molecular formula is C10H11BrClN3O2. The molecule has 5 nitrogen and oxygen atoms in total. The Morgan fingerprint density at radius 1 is 1.71 bits per heavy atom. The largest absolute Gasteiger partial charge is 0.491 e. The third-order valence-corrected chi connectivity index (χ3v) is 3.70. The third-order valence-electron chi connectivity index (χ3n) is 2.61. The van der Waals surface area contributed by atoms with Crippen LogP contribution in [0.3, 0.4) is 0 Å². The summed E-state index contributed by atoms with van der Waals surface area (Å²) in [6, 6.07) is 0. The Morgan fingerprint density at radius 2 is 2.47 bits per heavy atom. The number of methoxy groups -OCH3 is 1. The van der Waals surface area contributed by atoms with E-state index in [1.807, 2.05) is 0 Å². The Kier molecular flexibility index (Phi) is 3.83. The first-order chi connectivity index (χ1) is 8.15. The van der Waals surface area contributed by atoms with Gasteiger partial charge in [0.05, 0.1) is 13.3 Å². The monoisotopic (exact) mass is 319 g/mol. The highest BCUT2D eigenvalue weighted by molar-refractivity contribution is 9.09. The fourth-order valence-electron chi connectivity index (χ4n) is 1.77. The highest BCUT2D eigenvalue weighted by Crippen LogP contribution is 2.31. The standard InChI is InChI=1S/C10H11BrClN3O2/c1-17-7-4-13-10(12)14-9(7)15-5-6(3-11)2-8(15)16/h4,6H,2-3,5H2,1H3. The number of alkyl halides is 1. The van der Waals surface area contributed by atoms with E-state index in [4.69, 9.17) is 16.3 Å². The van der Waals surface area contributed by atoms with E-state index in [1.165, 1.54) is 13.3 Å². The summed E-state index contributed by atoms with van der Waals surface area (Å²) < 4.78 is 5.14. The van der Waals surface area contributed by atoms with Gasteiger partial charge in [-0.3, -0.25) is 9.69 Å². The fraction of sp³-hybridized carbons (Fsp3) is 0.500. The maximum atomic E-state index is 11.9. The van der Waals surface area contributed by atoms with Crippen LogP contribution in [-0.4, -0.2) is 34.9 Å². The SMILES string of the molecule is COc1cnc(Cl)nc1N1CC(CBr)CC1=O. The molecule has 0 radical (unpaired) electrons. The number of hydrogen-bond acceptors (Lipinski definition) is 4. The summed E-state index contributed by atoms with van der Waals surface area (Å²) in [6.07, 6.45) is 1.98. The summed E-state index contributed by atoms with van der Waals surface area (Å²) in [6.45, 7) is 0.619. The molecule has 2 heterocycles. The lowest BCUT2D eigenvalue weighted by Gasteiger charge is -2.17. The van der Waals surface area contributed by atoms with Gasteiger partial charge >= 0.3 is 0 Å². The highest BCUT2D eigenvalue weighted by Gasteiger charge is 2.32. The van der Waals surface area contributed by atoms with Crippen molar-refractivity contribution in [2.75, 3.05) is 23.9 Å². The van der Waals surface area contributed by atoms with Crippen molar-refractivity contribution in [3.63, 3.8) is 0 Å². The van der Waals surface area contributed by atoms with E-state index in [0.717, 1.165) is 5.33 Å². The minimum atomic E-state index is 0.0301. The van der Waals surface area contributed by atoms with Gasteiger partial charge in [0.1, 0.15) is 0 Å². The van der Waals surface area contributed by atoms with E-state index in [2.05, 4.69) is 25.9 Å². The molecule has 1 fully saturated rings. The van der Waals surface area contributed by atoms with Crippen molar-refractivity contribution in [2.45, 2.75) is 6.42 Å². The zero-order valence-electron chi connectivity index (χ0n) is 9.19. The van der Waals surface area contributed by atoms with Gasteiger partial charge in [0.25, 0.3) is 0 Å². The predicted octanol–water partition coefficient (Wildman–Crippen LogP) is 1.89. The molecule has 1 unspecified atom stereocenters. The topological polar surface area (TPSA) is 55.3 Å². The number of ether oxygens (including phenoxy) is 1. The molecule has 0 N–H and O–H groups in total. The van der Waals surface area contributed by atoms with Crippen LogP contribution in [0.2, 0.25) is 5.28 Å². The Bertz CT molecular complexity index is 444. The van der Waals surface area contributed by atoms with Crippen molar-refractivity contribution in [2.24, 2.45) is 5.92 Å². The van der Waals surface area contributed by atoms with E-state index in [9.17, 15) is 4.79 Å². The second kappa shape index (κ2) is 5.18. The average molecular weight is 321 g/mol. The molecule has 1 saturated heterocycles. The van der Waals surface area contributed by atoms with Crippen LogP contribution >= 0.6 is 27.5 Å². The predicted molar refractivity (Wildman–Crippen MR) is 67.8 cm³/mol. The first-order valence-corrected chi connectivity index (χ1v) is 6.58. The Hall–Kier alpha value is -0.880. The van der Waals surface area contributed by atoms with E-state index in [0.29, 0.717) is 30.5 Å². The minimum Gasteiger partial charge on any atom is -0.491 e. The number of halogens is 2. The van der Waals surface area contributed by atoms with Gasteiger partial charge in [-0.05, 0) is 17.5 Å². The van der Waals surface area contributed by atoms with Crippen LogP contribution in [0.15, 0.2) is 6.20 Å². The van der Waals surface area contributed by atoms with Crippen molar-refractivity contribution in [1.82, 2.24) is 9.97 Å². The van der Waals surface area contributed by atoms with Crippen molar-refractivity contribution >= 4 is 39.3 Å². The summed E-state index contributed by atoms with van der Waals surface area (Å²) in [7, 11) is 1.51. The number of nitrogens with zero attached hydrogens (tertiary/aromatic N) is 3. The van der Waals surface area contributed by atoms with Crippen molar-refractivity contribution in [3.05, 3.63) is 11.5 Å². The Morgan fingerprint density at radius 3 is 3.06 bits per heavy atom. The van der Waals surface area contributed by atoms with Crippen LogP contribution in [0, 0.1) is 5.92 Å². The number of amides is 1. The molecule has 0 aliphatic carbocycles. The van der Waals surface area contributed by atoms with Crippen LogP contribution in [0.1, 0.15) is 6.42 Å². The van der Waals surface area contributed by atoms with Crippen molar-refractivity contribution in [3.8, 4) is 5.75 Å². The second-order valence-electron chi connectivity index (χ2n) is 3.76. The molecule has 1 atom stereocenters. The smallest absolute Gasteiger partial charge is 0.228 e. The molecule has 0 bridgehead atoms. The summed E-state index contributed by atoms with van der Waals surface area (Å²) in [5.41, 5.74) is 0. The second-order valence-corrected chi connectivity index (χ2v) is 4.75. The summed E-state index contributed by atoms with van der Waals surface area (Å²) in [5.74, 6) is 1.22. The Balaban J connectivity index is 2.33. The van der Waals surface area contributed by atoms with Crippen LogP contribution in [-0.2, 0) is 4.79 Å². The first-order valence-electron chi connectivity index (χ1n) is 5.08. The fourth-order valence-corrected chi connectivity index (χ4v) is 2.33. The van der Waals surface area contributed by atoms with Gasteiger partial charge < -0.3 is 4.74 Å².